The molecule has 5 heteroatoms. The fraction of sp³-hybridized carbons (Fsp3) is 0.552. The van der Waals surface area contributed by atoms with E-state index in [9.17, 15) is 8.78 Å². The Kier molecular flexibility index (Phi) is 130. The van der Waals surface area contributed by atoms with Crippen molar-refractivity contribution in [1.29, 1.82) is 0 Å². The maximum absolute atomic E-state index is 9.50. The second-order valence-electron chi connectivity index (χ2n) is 5.05. The van der Waals surface area contributed by atoms with Crippen molar-refractivity contribution in [3.05, 3.63) is 79.2 Å². The van der Waals surface area contributed by atoms with Gasteiger partial charge in [0.1, 0.15) is 0 Å². The molecule has 2 rings (SSSR count). The third-order valence-corrected chi connectivity index (χ3v) is 3.63. The summed E-state index contributed by atoms with van der Waals surface area (Å²) in [5, 5.41) is 0. The number of thioether (sulfide) groups is 1. The minimum atomic E-state index is 0. The van der Waals surface area contributed by atoms with E-state index in [1.54, 1.807) is 6.26 Å². The van der Waals surface area contributed by atoms with Gasteiger partial charge in [-0.2, -0.15) is 18.0 Å². The molecule has 0 amide bonds. The quantitative estimate of drug-likeness (QED) is 0.219. The molecule has 0 fully saturated rings. The van der Waals surface area contributed by atoms with Crippen LogP contribution >= 0.6 is 11.8 Å². The first kappa shape index (κ1) is 63.5. The van der Waals surface area contributed by atoms with Crippen LogP contribution in [-0.4, -0.2) is 32.6 Å². The van der Waals surface area contributed by atoms with Crippen molar-refractivity contribution in [3.8, 4) is 0 Å². The van der Waals surface area contributed by atoms with Gasteiger partial charge in [-0.25, -0.2) is 0 Å². The van der Waals surface area contributed by atoms with Gasteiger partial charge in [-0.1, -0.05) is 124 Å². The Morgan fingerprint density at radius 3 is 0.971 bits per heavy atom. The Bertz CT molecular complexity index is 401. The van der Waals surface area contributed by atoms with Gasteiger partial charge >= 0.3 is 0 Å². The summed E-state index contributed by atoms with van der Waals surface area (Å²) in [6, 6.07) is 21.1. The molecule has 0 N–H and O–H groups in total. The van der Waals surface area contributed by atoms with E-state index >= 15 is 0 Å². The van der Waals surface area contributed by atoms with Gasteiger partial charge in [0.2, 0.25) is 0 Å². The predicted octanol–water partition coefficient (Wildman–Crippen LogP) is 11.0. The molecule has 2 aromatic rings. The summed E-state index contributed by atoms with van der Waals surface area (Å²) in [6.07, 6.45) is 8.58. The molecular weight excluding hydrogens is 717 g/mol. The van der Waals surface area contributed by atoms with E-state index in [1.807, 2.05) is 11.8 Å². The van der Waals surface area contributed by atoms with Gasteiger partial charge in [-0.05, 0) is 36.0 Å². The minimum Gasteiger partial charge on any atom is -0.796 e. The smallest absolute Gasteiger partial charge is 0.0785 e. The van der Waals surface area contributed by atoms with Gasteiger partial charge in [0.15, 0.2) is 0 Å². The molecule has 0 aromatic heterocycles. The van der Waals surface area contributed by atoms with Gasteiger partial charge in [0.25, 0.3) is 0 Å². The van der Waals surface area contributed by atoms with Crippen LogP contribution in [0.25, 0.3) is 0 Å². The Labute approximate surface area is 220 Å². The Morgan fingerprint density at radius 2 is 0.824 bits per heavy atom. The molecule has 2 aromatic carbocycles. The van der Waals surface area contributed by atoms with Gasteiger partial charge in [-0.3, -0.25) is 8.78 Å². The van der Waals surface area contributed by atoms with Crippen LogP contribution in [0.2, 0.25) is 0 Å². The van der Waals surface area contributed by atoms with Crippen LogP contribution in [0.5, 0.6) is 0 Å². The summed E-state index contributed by atoms with van der Waals surface area (Å²) >= 11 is 5.94. The number of halogens is 2. The van der Waals surface area contributed by atoms with Crippen molar-refractivity contribution < 1.29 is 8.78 Å². The number of hydrogen-bond donors (Lipinski definition) is 0. The second-order valence-corrected chi connectivity index (χ2v) is 6.20. The number of benzene rings is 2. The standard InChI is InChI=1S/2C9H12.C3H8S.2CH3F.CH4S.4CH4.CH3.Rf/c2*1-2-6-9-7-4-3-5-8-9;1-3-4-2;3*1-2;;;;;;/h2*3-5,7-8H,2,6H2,1H3;3H2,1-2H3;2*1H3;2H,1H3;4*1H4;1H3;/q;;;;;;;;;;-1;/p-1. The third-order valence-electron chi connectivity index (χ3n) is 3.05. The van der Waals surface area contributed by atoms with E-state index in [0.717, 1.165) is 0 Å². The van der Waals surface area contributed by atoms with Crippen molar-refractivity contribution >= 4 is 24.4 Å². The minimum absolute atomic E-state index is 0. The molecule has 34 heavy (non-hydrogen) atoms. The first-order valence-corrected chi connectivity index (χ1v) is 11.7. The van der Waals surface area contributed by atoms with E-state index in [2.05, 4.69) is 100 Å². The Balaban J connectivity index is -0.0000000274. The van der Waals surface area contributed by atoms with Crippen LogP contribution in [0.4, 0.5) is 8.78 Å². The number of hydrogen-bond acceptors (Lipinski definition) is 2. The normalized spacial score (nSPS) is 6.41. The van der Waals surface area contributed by atoms with E-state index in [4.69, 9.17) is 0 Å². The molecule has 0 saturated heterocycles. The van der Waals surface area contributed by atoms with E-state index in [1.165, 1.54) is 42.6 Å². The summed E-state index contributed by atoms with van der Waals surface area (Å²) in [5.74, 6) is 1.24. The van der Waals surface area contributed by atoms with Crippen LogP contribution in [-0.2, 0) is 25.5 Å². The fourth-order valence-corrected chi connectivity index (χ4v) is 1.87. The monoisotopic (exact) mass is 778 g/mol. The Hall–Kier alpha value is -2.00. The first-order chi connectivity index (χ1) is 13.8. The average Bonchev–Trinajstić information content (AvgIpc) is 2.80. The maximum Gasteiger partial charge on any atom is 0.0785 e. The molecule has 0 radical (unpaired) electrons. The van der Waals surface area contributed by atoms with Gasteiger partial charge in [0, 0.05) is 0 Å². The molecule has 206 valence electrons. The fourth-order valence-electron chi connectivity index (χ4n) is 1.87. The number of rotatable bonds is 5. The van der Waals surface area contributed by atoms with Gasteiger partial charge in [0.05, 0.1) is 14.4 Å². The number of aryl methyl sites for hydroxylation is 2. The molecule has 0 unspecified atom stereocenters. The van der Waals surface area contributed by atoms with Crippen molar-refractivity contribution in [2.45, 2.75) is 76.2 Å². The van der Waals surface area contributed by atoms with Gasteiger partial charge < -0.3 is 20.1 Å². The molecule has 0 aliphatic carbocycles. The zero-order valence-electron chi connectivity index (χ0n) is 20.6. The zero-order chi connectivity index (χ0) is 22.5. The van der Waals surface area contributed by atoms with E-state index in [0.29, 0.717) is 14.4 Å². The van der Waals surface area contributed by atoms with E-state index < -0.39 is 0 Å². The van der Waals surface area contributed by atoms with Crippen molar-refractivity contribution in [3.63, 3.8) is 0 Å². The summed E-state index contributed by atoms with van der Waals surface area (Å²) < 4.78 is 19.0. The van der Waals surface area contributed by atoms with Crippen LogP contribution in [0, 0.1) is 7.43 Å². The molecule has 0 aliphatic rings. The molecule has 0 heterocycles. The molecule has 0 atom stereocenters. The topological polar surface area (TPSA) is 0 Å². The van der Waals surface area contributed by atoms with Crippen molar-refractivity contribution in [1.82, 2.24) is 0 Å². The largest absolute Gasteiger partial charge is 0.796 e. The SMILES string of the molecule is C.C.C.C.CCCc1ccccc1.CCCc1ccccc1.CCSC.CF.CF.C[S-].[CH3-].[Rf]. The van der Waals surface area contributed by atoms with Crippen LogP contribution < -0.4 is 0 Å². The zero-order valence-corrected chi connectivity index (χ0v) is 28.6. The molecule has 0 spiro atoms. The third kappa shape index (κ3) is 57.2. The summed E-state index contributed by atoms with van der Waals surface area (Å²) in [5.41, 5.74) is 2.89. The molecular formula is C29H60F2RfS2-2. The molecule has 0 saturated carbocycles. The van der Waals surface area contributed by atoms with Crippen molar-refractivity contribution in [2.24, 2.45) is 0 Å². The van der Waals surface area contributed by atoms with Crippen LogP contribution in [0.15, 0.2) is 60.7 Å². The van der Waals surface area contributed by atoms with E-state index in [-0.39, 0.29) is 37.1 Å². The maximum atomic E-state index is 9.50. The summed E-state index contributed by atoms with van der Waals surface area (Å²) in [4.78, 5) is 0. The molecule has 0 nitrogen and oxygen atoms in total. The molecule has 0 bridgehead atoms. The predicted molar refractivity (Wildman–Crippen MR) is 166 cm³/mol. The molecule has 0 aliphatic heterocycles. The second kappa shape index (κ2) is 69.8. The summed E-state index contributed by atoms with van der Waals surface area (Å²) in [7, 11) is 1.00. The van der Waals surface area contributed by atoms with Crippen molar-refractivity contribution in [2.75, 3.05) is 32.6 Å². The van der Waals surface area contributed by atoms with Gasteiger partial charge in [-0.15, -0.1) is 0 Å². The van der Waals surface area contributed by atoms with Crippen LogP contribution in [0.1, 0.15) is 74.4 Å². The first-order valence-electron chi connectivity index (χ1n) is 9.51. The Morgan fingerprint density at radius 1 is 0.618 bits per heavy atom. The summed E-state index contributed by atoms with van der Waals surface area (Å²) in [6.45, 7) is 6.55. The average molecular weight is 778 g/mol. The number of alkyl halides is 2. The van der Waals surface area contributed by atoms with Crippen LogP contribution in [0.3, 0.4) is 0 Å².